The van der Waals surface area contributed by atoms with E-state index in [0.29, 0.717) is 37.9 Å². The van der Waals surface area contributed by atoms with E-state index in [2.05, 4.69) is 31.8 Å². The average Bonchev–Trinajstić information content (AvgIpc) is 2.91. The van der Waals surface area contributed by atoms with Gasteiger partial charge in [-0.25, -0.2) is 5.43 Å². The molecule has 0 radical (unpaired) electrons. The average molecular weight is 603 g/mol. The zero-order chi connectivity index (χ0) is 27.7. The van der Waals surface area contributed by atoms with Gasteiger partial charge in [-0.05, 0) is 69.9 Å². The molecule has 2 amide bonds. The van der Waals surface area contributed by atoms with Gasteiger partial charge in [0.25, 0.3) is 11.8 Å². The molecule has 1 unspecified atom stereocenters. The molecule has 0 aliphatic heterocycles. The van der Waals surface area contributed by atoms with E-state index in [1.807, 2.05) is 32.0 Å². The number of carbonyl (C=O) groups excluding carboxylic acids is 2. The van der Waals surface area contributed by atoms with Gasteiger partial charge < -0.3 is 19.5 Å². The summed E-state index contributed by atoms with van der Waals surface area (Å²) in [5, 5.41) is 7.45. The van der Waals surface area contributed by atoms with Crippen molar-refractivity contribution in [2.45, 2.75) is 26.5 Å². The molecule has 3 rings (SSSR count). The maximum Gasteiger partial charge on any atom is 0.262 e. The Labute approximate surface area is 235 Å². The van der Waals surface area contributed by atoms with E-state index in [4.69, 9.17) is 25.8 Å². The van der Waals surface area contributed by atoms with Crippen molar-refractivity contribution in [2.24, 2.45) is 11.0 Å². The Balaban J connectivity index is 1.65. The number of nitrogens with zero attached hydrogens (tertiary/aromatic N) is 1. The van der Waals surface area contributed by atoms with Crippen LogP contribution in [-0.4, -0.2) is 38.3 Å². The smallest absolute Gasteiger partial charge is 0.262 e. The maximum absolute atomic E-state index is 12.8. The molecule has 0 heterocycles. The highest BCUT2D eigenvalue weighted by atomic mass is 79.9. The number of amides is 2. The number of hydrazone groups is 1. The number of hydrogen-bond donors (Lipinski definition) is 2. The fourth-order valence-corrected chi connectivity index (χ4v) is 4.23. The lowest BCUT2D eigenvalue weighted by molar-refractivity contribution is -0.123. The number of carbonyl (C=O) groups is 2. The molecule has 0 aromatic heterocycles. The number of nitrogens with one attached hydrogen (secondary N) is 2. The molecular formula is C28H29BrClN3O5. The first kappa shape index (κ1) is 29.0. The fourth-order valence-electron chi connectivity index (χ4n) is 3.46. The zero-order valence-electron chi connectivity index (χ0n) is 21.5. The molecule has 8 nitrogen and oxygen atoms in total. The van der Waals surface area contributed by atoms with Crippen LogP contribution in [0, 0.1) is 5.92 Å². The van der Waals surface area contributed by atoms with Crippen molar-refractivity contribution < 1.29 is 23.8 Å². The lowest BCUT2D eigenvalue weighted by atomic mass is 10.0. The van der Waals surface area contributed by atoms with Crippen LogP contribution in [0.15, 0.2) is 70.2 Å². The number of ether oxygens (including phenoxy) is 3. The third-order valence-corrected chi connectivity index (χ3v) is 6.52. The van der Waals surface area contributed by atoms with Crippen LogP contribution in [0.1, 0.15) is 35.3 Å². The number of hydrogen-bond acceptors (Lipinski definition) is 6. The second-order valence-corrected chi connectivity index (χ2v) is 9.83. The van der Waals surface area contributed by atoms with Crippen LogP contribution in [0.4, 0.5) is 0 Å². The quantitative estimate of drug-likeness (QED) is 0.220. The van der Waals surface area contributed by atoms with Gasteiger partial charge >= 0.3 is 0 Å². The molecule has 2 N–H and O–H groups in total. The Hall–Kier alpha value is -3.56. The van der Waals surface area contributed by atoms with E-state index in [0.717, 1.165) is 5.56 Å². The van der Waals surface area contributed by atoms with Crippen LogP contribution >= 0.6 is 27.5 Å². The van der Waals surface area contributed by atoms with E-state index in [1.165, 1.54) is 13.3 Å². The maximum atomic E-state index is 12.8. The number of halogens is 2. The summed E-state index contributed by atoms with van der Waals surface area (Å²) in [7, 11) is 3.08. The summed E-state index contributed by atoms with van der Waals surface area (Å²) in [5.41, 5.74) is 4.42. The molecular weight excluding hydrogens is 574 g/mol. The molecule has 3 aromatic carbocycles. The van der Waals surface area contributed by atoms with E-state index in [9.17, 15) is 9.59 Å². The van der Waals surface area contributed by atoms with Gasteiger partial charge in [-0.3, -0.25) is 9.59 Å². The minimum atomic E-state index is -0.788. The highest BCUT2D eigenvalue weighted by Crippen LogP contribution is 2.37. The van der Waals surface area contributed by atoms with Gasteiger partial charge in [-0.15, -0.1) is 0 Å². The van der Waals surface area contributed by atoms with Crippen molar-refractivity contribution in [3.05, 3.63) is 86.8 Å². The van der Waals surface area contributed by atoms with Gasteiger partial charge in [0.2, 0.25) is 0 Å². The summed E-state index contributed by atoms with van der Waals surface area (Å²) in [4.78, 5) is 25.5. The first-order valence-corrected chi connectivity index (χ1v) is 12.9. The first-order valence-electron chi connectivity index (χ1n) is 11.7. The largest absolute Gasteiger partial charge is 0.497 e. The first-order chi connectivity index (χ1) is 18.2. The molecule has 38 heavy (non-hydrogen) atoms. The molecule has 0 aliphatic carbocycles. The van der Waals surface area contributed by atoms with Crippen LogP contribution in [0.25, 0.3) is 0 Å². The molecule has 10 heteroatoms. The van der Waals surface area contributed by atoms with Gasteiger partial charge in [-0.1, -0.05) is 43.6 Å². The molecule has 0 fully saturated rings. The van der Waals surface area contributed by atoms with Gasteiger partial charge in [-0.2, -0.15) is 5.10 Å². The SMILES string of the molecule is COc1ccc(C(=O)NC(C(=O)N/N=C/c2cc(Br)c(OCc3ccccc3Cl)c(OC)c2)C(C)C)cc1. The van der Waals surface area contributed by atoms with Gasteiger partial charge in [0.15, 0.2) is 11.5 Å². The Morgan fingerprint density at radius 1 is 1.05 bits per heavy atom. The predicted molar refractivity (Wildman–Crippen MR) is 151 cm³/mol. The van der Waals surface area contributed by atoms with Gasteiger partial charge in [0.1, 0.15) is 18.4 Å². The summed E-state index contributed by atoms with van der Waals surface area (Å²) in [6, 6.07) is 16.8. The Kier molecular flexibility index (Phi) is 10.6. The molecule has 0 spiro atoms. The van der Waals surface area contributed by atoms with E-state index in [-0.39, 0.29) is 18.4 Å². The van der Waals surface area contributed by atoms with E-state index < -0.39 is 11.9 Å². The van der Waals surface area contributed by atoms with E-state index in [1.54, 1.807) is 49.6 Å². The highest BCUT2D eigenvalue weighted by Gasteiger charge is 2.24. The molecule has 0 aliphatic rings. The van der Waals surface area contributed by atoms with Crippen LogP contribution < -0.4 is 25.0 Å². The standard InChI is InChI=1S/C28H29BrClN3O5/c1-17(2)25(32-27(34)19-9-11-21(36-3)12-10-19)28(35)33-31-15-18-13-22(29)26(24(14-18)37-4)38-16-20-7-5-6-8-23(20)30/h5-15,17,25H,16H2,1-4H3,(H,32,34)(H,33,35)/b31-15+. The molecule has 200 valence electrons. The fraction of sp³-hybridized carbons (Fsp3) is 0.250. The van der Waals surface area contributed by atoms with Crippen molar-refractivity contribution >= 4 is 45.6 Å². The van der Waals surface area contributed by atoms with Crippen molar-refractivity contribution in [2.75, 3.05) is 14.2 Å². The topological polar surface area (TPSA) is 98.2 Å². The molecule has 0 saturated carbocycles. The number of methoxy groups -OCH3 is 2. The summed E-state index contributed by atoms with van der Waals surface area (Å²) >= 11 is 9.73. The third-order valence-electron chi connectivity index (χ3n) is 5.56. The van der Waals surface area contributed by atoms with Crippen molar-refractivity contribution in [1.82, 2.24) is 10.7 Å². The molecule has 3 aromatic rings. The minimum Gasteiger partial charge on any atom is -0.497 e. The Morgan fingerprint density at radius 2 is 1.76 bits per heavy atom. The summed E-state index contributed by atoms with van der Waals surface area (Å²) in [6.07, 6.45) is 1.48. The number of benzene rings is 3. The lowest BCUT2D eigenvalue weighted by Crippen LogP contribution is -2.48. The van der Waals surface area contributed by atoms with Crippen LogP contribution in [0.2, 0.25) is 5.02 Å². The van der Waals surface area contributed by atoms with Crippen molar-refractivity contribution in [1.29, 1.82) is 0 Å². The minimum absolute atomic E-state index is 0.170. The van der Waals surface area contributed by atoms with Gasteiger partial charge in [0.05, 0.1) is 24.9 Å². The van der Waals surface area contributed by atoms with Crippen molar-refractivity contribution in [3.63, 3.8) is 0 Å². The normalized spacial score (nSPS) is 11.8. The van der Waals surface area contributed by atoms with Gasteiger partial charge in [0, 0.05) is 16.1 Å². The van der Waals surface area contributed by atoms with E-state index >= 15 is 0 Å². The Morgan fingerprint density at radius 3 is 2.39 bits per heavy atom. The zero-order valence-corrected chi connectivity index (χ0v) is 23.8. The number of rotatable bonds is 11. The Bertz CT molecular complexity index is 1300. The second kappa shape index (κ2) is 13.8. The predicted octanol–water partition coefficient (Wildman–Crippen LogP) is 5.60. The highest BCUT2D eigenvalue weighted by molar-refractivity contribution is 9.10. The van der Waals surface area contributed by atoms with Crippen LogP contribution in [-0.2, 0) is 11.4 Å². The molecule has 1 atom stereocenters. The summed E-state index contributed by atoms with van der Waals surface area (Å²) in [5.74, 6) is 0.643. The lowest BCUT2D eigenvalue weighted by Gasteiger charge is -2.20. The second-order valence-electron chi connectivity index (χ2n) is 8.57. The van der Waals surface area contributed by atoms with Crippen LogP contribution in [0.5, 0.6) is 17.2 Å². The third kappa shape index (κ3) is 7.72. The molecule has 0 saturated heterocycles. The van der Waals surface area contributed by atoms with Crippen LogP contribution in [0.3, 0.4) is 0 Å². The molecule has 0 bridgehead atoms. The van der Waals surface area contributed by atoms with Crippen molar-refractivity contribution in [3.8, 4) is 17.2 Å². The monoisotopic (exact) mass is 601 g/mol. The summed E-state index contributed by atoms with van der Waals surface area (Å²) in [6.45, 7) is 3.94. The summed E-state index contributed by atoms with van der Waals surface area (Å²) < 4.78 is 17.2.